The summed E-state index contributed by atoms with van der Waals surface area (Å²) in [5.74, 6) is 2.45. The predicted octanol–water partition coefficient (Wildman–Crippen LogP) is 1.37. The fourth-order valence-corrected chi connectivity index (χ4v) is 4.90. The van der Waals surface area contributed by atoms with Crippen LogP contribution in [0.1, 0.15) is 23.2 Å². The maximum absolute atomic E-state index is 13.4. The van der Waals surface area contributed by atoms with E-state index >= 15 is 0 Å². The molecule has 2 fully saturated rings. The number of fused-ring (bicyclic) bond motifs is 2. The number of hydrogen-bond acceptors (Lipinski definition) is 3. The summed E-state index contributed by atoms with van der Waals surface area (Å²) in [6.45, 7) is 3.19. The van der Waals surface area contributed by atoms with E-state index in [0.717, 1.165) is 18.8 Å². The lowest BCUT2D eigenvalue weighted by Gasteiger charge is -2.30. The lowest BCUT2D eigenvalue weighted by molar-refractivity contribution is -0.658. The number of hydrogen-bond donors (Lipinski definition) is 2. The van der Waals surface area contributed by atoms with Gasteiger partial charge in [0.25, 0.3) is 5.91 Å². The molecule has 2 aromatic rings. The molecule has 156 valence electrons. The Balaban J connectivity index is 1.31. The maximum Gasteiger partial charge on any atom is 0.346 e. The van der Waals surface area contributed by atoms with Gasteiger partial charge in [-0.15, -0.1) is 4.68 Å². The molecule has 1 saturated carbocycles. The number of rotatable bonds is 7. The summed E-state index contributed by atoms with van der Waals surface area (Å²) in [5.41, 5.74) is 0.579. The van der Waals surface area contributed by atoms with Crippen molar-refractivity contribution in [3.63, 3.8) is 0 Å². The van der Waals surface area contributed by atoms with E-state index < -0.39 is 0 Å². The second-order valence-electron chi connectivity index (χ2n) is 8.42. The second-order valence-corrected chi connectivity index (χ2v) is 8.42. The minimum absolute atomic E-state index is 0.0168. The Kier molecular flexibility index (Phi) is 4.98. The van der Waals surface area contributed by atoms with Crippen LogP contribution in [0.15, 0.2) is 48.9 Å². The highest BCUT2D eigenvalue weighted by molar-refractivity contribution is 5.94. The molecule has 5 rings (SSSR count). The van der Waals surface area contributed by atoms with Gasteiger partial charge in [-0.2, -0.15) is 0 Å². The summed E-state index contributed by atoms with van der Waals surface area (Å²) < 4.78 is 1.79. The topological polar surface area (TPSA) is 85.2 Å². The van der Waals surface area contributed by atoms with Crippen molar-refractivity contribution in [2.75, 3.05) is 32.7 Å². The average Bonchev–Trinajstić information content (AvgIpc) is 3.57. The fourth-order valence-electron chi connectivity index (χ4n) is 4.90. The van der Waals surface area contributed by atoms with Crippen molar-refractivity contribution in [2.45, 2.75) is 12.8 Å². The maximum atomic E-state index is 13.4. The van der Waals surface area contributed by atoms with Gasteiger partial charge in [0, 0.05) is 45.0 Å². The van der Waals surface area contributed by atoms with Crippen molar-refractivity contribution in [3.8, 4) is 5.82 Å². The number of nitrogens with zero attached hydrogens (tertiary/aromatic N) is 4. The minimum atomic E-state index is -0.0424. The SMILES string of the molecule is O=C1NCCN1CCN(C[C@@H]1C[C@H]2C=C[C@H]1C2)C(=O)c1ccc(-[n+]2ccc[nH]2)nc1. The number of carbonyl (C=O) groups is 2. The van der Waals surface area contributed by atoms with Gasteiger partial charge in [0.05, 0.1) is 5.56 Å². The Morgan fingerprint density at radius 2 is 2.23 bits per heavy atom. The first-order valence-electron chi connectivity index (χ1n) is 10.7. The van der Waals surface area contributed by atoms with E-state index in [1.807, 2.05) is 35.5 Å². The Bertz CT molecular complexity index is 939. The standard InChI is InChI=1S/C22H26N6O2/c29-21(18-4-5-20(24-14-18)28-8-1-6-25-28)27(11-10-26-9-7-23-22(26)30)15-19-13-16-2-3-17(19)12-16/h1-6,8,14,16-17,19H,7,9-13,15H2,(H,23,30)/p+1/t16-,17-,19-/m0/s1. The molecule has 0 aromatic carbocycles. The third-order valence-corrected chi connectivity index (χ3v) is 6.53. The number of pyridine rings is 1. The van der Waals surface area contributed by atoms with Crippen LogP contribution in [0, 0.1) is 17.8 Å². The van der Waals surface area contributed by atoms with E-state index in [1.54, 1.807) is 15.8 Å². The molecule has 8 heteroatoms. The molecular weight excluding hydrogens is 380 g/mol. The van der Waals surface area contributed by atoms with Gasteiger partial charge < -0.3 is 15.1 Å². The van der Waals surface area contributed by atoms with Gasteiger partial charge in [-0.25, -0.2) is 9.89 Å². The van der Waals surface area contributed by atoms with Crippen LogP contribution < -0.4 is 10.00 Å². The summed E-state index contributed by atoms with van der Waals surface area (Å²) in [6.07, 6.45) is 12.3. The molecule has 8 nitrogen and oxygen atoms in total. The quantitative estimate of drug-likeness (QED) is 0.537. The van der Waals surface area contributed by atoms with Gasteiger partial charge in [0.2, 0.25) is 0 Å². The highest BCUT2D eigenvalue weighted by Gasteiger charge is 2.37. The molecule has 1 saturated heterocycles. The lowest BCUT2D eigenvalue weighted by atomic mass is 9.93. The van der Waals surface area contributed by atoms with Gasteiger partial charge in [-0.3, -0.25) is 4.79 Å². The molecular formula is C22H27N6O2+. The molecule has 0 unspecified atom stereocenters. The zero-order chi connectivity index (χ0) is 20.5. The normalized spacial score (nSPS) is 24.5. The molecule has 3 atom stereocenters. The molecule has 2 N–H and O–H groups in total. The Morgan fingerprint density at radius 3 is 2.87 bits per heavy atom. The lowest BCUT2D eigenvalue weighted by Crippen LogP contribution is -2.42. The number of allylic oxidation sites excluding steroid dienone is 2. The van der Waals surface area contributed by atoms with E-state index in [1.165, 1.54) is 6.42 Å². The molecule has 2 aliphatic carbocycles. The molecule has 1 aliphatic heterocycles. The molecule has 3 heterocycles. The van der Waals surface area contributed by atoms with E-state index in [9.17, 15) is 9.59 Å². The number of H-pyrrole nitrogens is 1. The number of aromatic nitrogens is 3. The Morgan fingerprint density at radius 1 is 1.30 bits per heavy atom. The van der Waals surface area contributed by atoms with E-state index in [4.69, 9.17) is 0 Å². The van der Waals surface area contributed by atoms with Gasteiger partial charge in [-0.1, -0.05) is 12.2 Å². The van der Waals surface area contributed by atoms with Crippen LogP contribution in [-0.2, 0) is 0 Å². The van der Waals surface area contributed by atoms with Crippen molar-refractivity contribution in [2.24, 2.45) is 17.8 Å². The number of nitrogens with one attached hydrogen (secondary N) is 2. The third kappa shape index (κ3) is 3.69. The smallest absolute Gasteiger partial charge is 0.336 e. The molecule has 30 heavy (non-hydrogen) atoms. The van der Waals surface area contributed by atoms with Gasteiger partial charge in [-0.05, 0) is 47.7 Å². The zero-order valence-corrected chi connectivity index (χ0v) is 16.9. The summed E-state index contributed by atoms with van der Waals surface area (Å²) in [7, 11) is 0. The second kappa shape index (κ2) is 7.93. The van der Waals surface area contributed by atoms with Crippen LogP contribution in [0.3, 0.4) is 0 Å². The van der Waals surface area contributed by atoms with Crippen LogP contribution in [0.5, 0.6) is 0 Å². The first-order chi connectivity index (χ1) is 14.7. The average molecular weight is 407 g/mol. The zero-order valence-electron chi connectivity index (χ0n) is 16.9. The van der Waals surface area contributed by atoms with Crippen molar-refractivity contribution in [3.05, 3.63) is 54.5 Å². The van der Waals surface area contributed by atoms with Gasteiger partial charge in [0.15, 0.2) is 6.20 Å². The van der Waals surface area contributed by atoms with Crippen molar-refractivity contribution >= 4 is 11.9 Å². The van der Waals surface area contributed by atoms with Crippen molar-refractivity contribution < 1.29 is 14.3 Å². The minimum Gasteiger partial charge on any atom is -0.336 e. The van der Waals surface area contributed by atoms with Crippen LogP contribution in [0.4, 0.5) is 4.79 Å². The van der Waals surface area contributed by atoms with Crippen LogP contribution >= 0.6 is 0 Å². The monoisotopic (exact) mass is 407 g/mol. The number of urea groups is 1. The molecule has 0 radical (unpaired) electrons. The van der Waals surface area contributed by atoms with Crippen LogP contribution in [0.2, 0.25) is 0 Å². The first kappa shape index (κ1) is 18.8. The van der Waals surface area contributed by atoms with E-state index in [2.05, 4.69) is 27.6 Å². The third-order valence-electron chi connectivity index (χ3n) is 6.53. The largest absolute Gasteiger partial charge is 0.346 e. The number of carbonyl (C=O) groups excluding carboxylic acids is 2. The molecule has 2 aromatic heterocycles. The van der Waals surface area contributed by atoms with Gasteiger partial charge in [0.1, 0.15) is 6.20 Å². The highest BCUT2D eigenvalue weighted by Crippen LogP contribution is 2.43. The van der Waals surface area contributed by atoms with Gasteiger partial charge >= 0.3 is 11.8 Å². The van der Waals surface area contributed by atoms with E-state index in [-0.39, 0.29) is 11.9 Å². The summed E-state index contributed by atoms with van der Waals surface area (Å²) >= 11 is 0. The van der Waals surface area contributed by atoms with Crippen LogP contribution in [0.25, 0.3) is 5.82 Å². The molecule has 3 aliphatic rings. The molecule has 0 spiro atoms. The predicted molar refractivity (Wildman–Crippen MR) is 110 cm³/mol. The first-order valence-corrected chi connectivity index (χ1v) is 10.7. The molecule has 2 bridgehead atoms. The number of amides is 3. The highest BCUT2D eigenvalue weighted by atomic mass is 16.2. The van der Waals surface area contributed by atoms with Crippen molar-refractivity contribution in [1.29, 1.82) is 0 Å². The summed E-state index contributed by atoms with van der Waals surface area (Å²) in [6, 6.07) is 5.52. The summed E-state index contributed by atoms with van der Waals surface area (Å²) in [5, 5.41) is 5.88. The van der Waals surface area contributed by atoms with Crippen LogP contribution in [-0.4, -0.2) is 64.5 Å². The summed E-state index contributed by atoms with van der Waals surface area (Å²) in [4.78, 5) is 33.4. The fraction of sp³-hybridized carbons (Fsp3) is 0.455. The van der Waals surface area contributed by atoms with E-state index in [0.29, 0.717) is 49.5 Å². The van der Waals surface area contributed by atoms with Crippen molar-refractivity contribution in [1.82, 2.24) is 25.2 Å². The number of aromatic amines is 1. The Hall–Kier alpha value is -3.16. The Labute approximate surface area is 175 Å². The molecule has 3 amide bonds.